The molecule has 2 heteroatoms. The number of hydrogen-bond donors (Lipinski definition) is 1. The first-order valence-corrected chi connectivity index (χ1v) is 8.32. The van der Waals surface area contributed by atoms with Crippen molar-refractivity contribution < 1.29 is 9.84 Å². The van der Waals surface area contributed by atoms with E-state index in [4.69, 9.17) is 9.84 Å². The van der Waals surface area contributed by atoms with Crippen molar-refractivity contribution in [3.05, 3.63) is 89.0 Å². The highest BCUT2D eigenvalue weighted by Gasteiger charge is 2.32. The molecule has 0 saturated heterocycles. The summed E-state index contributed by atoms with van der Waals surface area (Å²) < 4.78 is 5.92. The second-order valence-electron chi connectivity index (χ2n) is 6.18. The monoisotopic (exact) mass is 316 g/mol. The summed E-state index contributed by atoms with van der Waals surface area (Å²) in [6, 6.07) is 23.5. The van der Waals surface area contributed by atoms with Crippen molar-refractivity contribution in [3.63, 3.8) is 0 Å². The van der Waals surface area contributed by atoms with Crippen molar-refractivity contribution in [1.82, 2.24) is 0 Å². The van der Waals surface area contributed by atoms with E-state index in [9.17, 15) is 0 Å². The molecule has 2 nitrogen and oxygen atoms in total. The Morgan fingerprint density at radius 3 is 2.42 bits per heavy atom. The number of aryl methyl sites for hydroxylation is 1. The van der Waals surface area contributed by atoms with Crippen molar-refractivity contribution in [2.24, 2.45) is 0 Å². The van der Waals surface area contributed by atoms with Crippen LogP contribution in [0.15, 0.2) is 66.7 Å². The minimum atomic E-state index is 0.0207. The van der Waals surface area contributed by atoms with E-state index in [1.54, 1.807) is 0 Å². The van der Waals surface area contributed by atoms with Gasteiger partial charge >= 0.3 is 0 Å². The van der Waals surface area contributed by atoms with Crippen molar-refractivity contribution in [2.45, 2.75) is 12.8 Å². The zero-order chi connectivity index (χ0) is 16.5. The predicted molar refractivity (Wildman–Crippen MR) is 96.6 cm³/mol. The van der Waals surface area contributed by atoms with E-state index in [1.165, 1.54) is 27.8 Å². The lowest BCUT2D eigenvalue weighted by molar-refractivity contribution is 0.201. The predicted octanol–water partition coefficient (Wildman–Crippen LogP) is 4.53. The zero-order valence-corrected chi connectivity index (χ0v) is 13.7. The van der Waals surface area contributed by atoms with Gasteiger partial charge in [-0.25, -0.2) is 0 Å². The lowest BCUT2D eigenvalue weighted by atomic mass is 9.89. The fourth-order valence-corrected chi connectivity index (χ4v) is 3.70. The first-order valence-electron chi connectivity index (χ1n) is 8.32. The molecule has 0 heterocycles. The van der Waals surface area contributed by atoms with Gasteiger partial charge < -0.3 is 9.84 Å². The zero-order valence-electron chi connectivity index (χ0n) is 13.7. The van der Waals surface area contributed by atoms with Crippen LogP contribution in [0.25, 0.3) is 11.1 Å². The number of ether oxygens (including phenoxy) is 1. The largest absolute Gasteiger partial charge is 0.490 e. The minimum absolute atomic E-state index is 0.0207. The van der Waals surface area contributed by atoms with Gasteiger partial charge in [-0.05, 0) is 34.7 Å². The Balaban J connectivity index is 1.96. The van der Waals surface area contributed by atoms with Crippen molar-refractivity contribution in [1.29, 1.82) is 0 Å². The highest BCUT2D eigenvalue weighted by molar-refractivity contribution is 5.86. The number of benzene rings is 3. The molecule has 3 aromatic carbocycles. The molecule has 0 radical (unpaired) electrons. The molecule has 0 bridgehead atoms. The quantitative estimate of drug-likeness (QED) is 0.599. The fourth-order valence-electron chi connectivity index (χ4n) is 3.70. The molecule has 0 amide bonds. The second-order valence-corrected chi connectivity index (χ2v) is 6.18. The minimum Gasteiger partial charge on any atom is -0.490 e. The summed E-state index contributed by atoms with van der Waals surface area (Å²) in [4.78, 5) is 0. The molecule has 1 aliphatic rings. The van der Waals surface area contributed by atoms with Crippen LogP contribution in [-0.4, -0.2) is 18.3 Å². The normalized spacial score (nSPS) is 15.0. The van der Waals surface area contributed by atoms with Gasteiger partial charge in [-0.3, -0.25) is 0 Å². The maximum absolute atomic E-state index is 9.17. The Kier molecular flexibility index (Phi) is 3.83. The summed E-state index contributed by atoms with van der Waals surface area (Å²) >= 11 is 0. The summed E-state index contributed by atoms with van der Waals surface area (Å²) in [6.45, 7) is 2.40. The number of aliphatic hydroxyl groups is 1. The molecular formula is C22H20O2. The van der Waals surface area contributed by atoms with Crippen LogP contribution >= 0.6 is 0 Å². The van der Waals surface area contributed by atoms with Crippen molar-refractivity contribution in [3.8, 4) is 16.9 Å². The number of aliphatic hydroxyl groups excluding tert-OH is 1. The smallest absolute Gasteiger partial charge is 0.130 e. The maximum atomic E-state index is 9.17. The van der Waals surface area contributed by atoms with Gasteiger partial charge in [0.05, 0.1) is 6.61 Å². The van der Waals surface area contributed by atoms with Crippen LogP contribution < -0.4 is 4.74 Å². The summed E-state index contributed by atoms with van der Waals surface area (Å²) in [5.41, 5.74) is 7.40. The molecule has 0 saturated carbocycles. The summed E-state index contributed by atoms with van der Waals surface area (Å²) in [6.07, 6.45) is 0. The highest BCUT2D eigenvalue weighted by atomic mass is 16.5. The first-order chi connectivity index (χ1) is 11.8. The Labute approximate surface area is 142 Å². The van der Waals surface area contributed by atoms with Gasteiger partial charge in [-0.15, -0.1) is 0 Å². The number of rotatable bonds is 4. The van der Waals surface area contributed by atoms with E-state index in [0.29, 0.717) is 6.61 Å². The van der Waals surface area contributed by atoms with E-state index >= 15 is 0 Å². The van der Waals surface area contributed by atoms with Crippen LogP contribution in [-0.2, 0) is 0 Å². The number of fused-ring (bicyclic) bond motifs is 3. The molecule has 1 N–H and O–H groups in total. The second kappa shape index (κ2) is 6.14. The van der Waals surface area contributed by atoms with Crippen LogP contribution in [0.1, 0.15) is 28.2 Å². The van der Waals surface area contributed by atoms with Gasteiger partial charge in [0, 0.05) is 11.5 Å². The molecule has 120 valence electrons. The molecule has 3 aromatic rings. The average molecular weight is 316 g/mol. The highest BCUT2D eigenvalue weighted by Crippen LogP contribution is 2.52. The Hall–Kier alpha value is -2.58. The molecule has 1 aliphatic carbocycles. The topological polar surface area (TPSA) is 29.5 Å². The molecule has 4 rings (SSSR count). The van der Waals surface area contributed by atoms with Crippen LogP contribution in [0.3, 0.4) is 0 Å². The van der Waals surface area contributed by atoms with Gasteiger partial charge in [0.15, 0.2) is 0 Å². The molecule has 0 fully saturated rings. The van der Waals surface area contributed by atoms with Crippen molar-refractivity contribution >= 4 is 0 Å². The molecular weight excluding hydrogens is 296 g/mol. The third kappa shape index (κ3) is 2.31. The summed E-state index contributed by atoms with van der Waals surface area (Å²) in [5, 5.41) is 9.17. The third-order valence-corrected chi connectivity index (χ3v) is 4.71. The molecule has 0 aliphatic heterocycles. The van der Waals surface area contributed by atoms with Crippen LogP contribution in [0.5, 0.6) is 5.75 Å². The first kappa shape index (κ1) is 15.0. The SMILES string of the molecule is Cc1ccc2c(c1OCCO)-c1ccccc1C2c1ccccc1. The van der Waals surface area contributed by atoms with E-state index in [-0.39, 0.29) is 12.5 Å². The van der Waals surface area contributed by atoms with Gasteiger partial charge in [-0.1, -0.05) is 66.7 Å². The molecule has 0 spiro atoms. The lowest BCUT2D eigenvalue weighted by Crippen LogP contribution is -2.05. The van der Waals surface area contributed by atoms with E-state index in [2.05, 4.69) is 73.7 Å². The van der Waals surface area contributed by atoms with Gasteiger partial charge in [0.25, 0.3) is 0 Å². The van der Waals surface area contributed by atoms with Gasteiger partial charge in [0.1, 0.15) is 12.4 Å². The molecule has 1 atom stereocenters. The Morgan fingerprint density at radius 2 is 1.62 bits per heavy atom. The van der Waals surface area contributed by atoms with Crippen molar-refractivity contribution in [2.75, 3.05) is 13.2 Å². The van der Waals surface area contributed by atoms with Crippen LogP contribution in [0, 0.1) is 6.92 Å². The van der Waals surface area contributed by atoms with Crippen LogP contribution in [0.2, 0.25) is 0 Å². The Morgan fingerprint density at radius 1 is 0.875 bits per heavy atom. The third-order valence-electron chi connectivity index (χ3n) is 4.71. The lowest BCUT2D eigenvalue weighted by Gasteiger charge is -2.16. The maximum Gasteiger partial charge on any atom is 0.130 e. The van der Waals surface area contributed by atoms with Gasteiger partial charge in [-0.2, -0.15) is 0 Å². The fraction of sp³-hybridized carbons (Fsp3) is 0.182. The van der Waals surface area contributed by atoms with Gasteiger partial charge in [0.2, 0.25) is 0 Å². The summed E-state index contributed by atoms with van der Waals surface area (Å²) in [7, 11) is 0. The average Bonchev–Trinajstić information content (AvgIpc) is 2.96. The summed E-state index contributed by atoms with van der Waals surface area (Å²) in [5.74, 6) is 1.13. The molecule has 24 heavy (non-hydrogen) atoms. The standard InChI is InChI=1S/C22H20O2/c1-15-11-12-19-20(16-7-3-2-4-8-16)17-9-5-6-10-18(17)21(19)22(15)24-14-13-23/h2-12,20,23H,13-14H2,1H3. The van der Waals surface area contributed by atoms with E-state index in [0.717, 1.165) is 11.3 Å². The Bertz CT molecular complexity index is 868. The van der Waals surface area contributed by atoms with E-state index < -0.39 is 0 Å². The van der Waals surface area contributed by atoms with Crippen LogP contribution in [0.4, 0.5) is 0 Å². The van der Waals surface area contributed by atoms with E-state index in [1.807, 2.05) is 0 Å². The number of hydrogen-bond acceptors (Lipinski definition) is 2. The molecule has 1 unspecified atom stereocenters. The molecule has 0 aromatic heterocycles.